The van der Waals surface area contributed by atoms with Gasteiger partial charge in [-0.3, -0.25) is 0 Å². The Kier molecular flexibility index (Phi) is 1.85. The van der Waals surface area contributed by atoms with E-state index in [4.69, 9.17) is 17.3 Å². The fourth-order valence-electron chi connectivity index (χ4n) is 1.85. The molecule has 1 aliphatic carbocycles. The maximum absolute atomic E-state index is 6.08. The second-order valence-electron chi connectivity index (χ2n) is 3.46. The number of hydrogen-bond donors (Lipinski definition) is 1. The first-order chi connectivity index (χ1) is 5.68. The molecule has 0 bridgehead atoms. The Morgan fingerprint density at radius 2 is 2.25 bits per heavy atom. The summed E-state index contributed by atoms with van der Waals surface area (Å²) in [6.45, 7) is 2.05. The first kappa shape index (κ1) is 8.09. The molecule has 0 radical (unpaired) electrons. The Balaban J connectivity index is 2.60. The van der Waals surface area contributed by atoms with Crippen molar-refractivity contribution in [1.29, 1.82) is 0 Å². The molecule has 0 unspecified atom stereocenters. The van der Waals surface area contributed by atoms with Gasteiger partial charge in [0.05, 0.1) is 0 Å². The molecule has 1 aromatic rings. The highest BCUT2D eigenvalue weighted by Gasteiger charge is 2.21. The van der Waals surface area contributed by atoms with Crippen molar-refractivity contribution < 1.29 is 0 Å². The van der Waals surface area contributed by atoms with Crippen LogP contribution in [-0.4, -0.2) is 0 Å². The zero-order valence-electron chi connectivity index (χ0n) is 7.10. The highest BCUT2D eigenvalue weighted by atomic mass is 35.5. The van der Waals surface area contributed by atoms with E-state index in [2.05, 4.69) is 13.0 Å². The molecule has 0 heterocycles. The lowest BCUT2D eigenvalue weighted by atomic mass is 10.1. The van der Waals surface area contributed by atoms with Crippen LogP contribution < -0.4 is 5.73 Å². The fourth-order valence-corrected chi connectivity index (χ4v) is 2.22. The van der Waals surface area contributed by atoms with Gasteiger partial charge < -0.3 is 5.73 Å². The lowest BCUT2D eigenvalue weighted by Gasteiger charge is -2.06. The van der Waals surface area contributed by atoms with E-state index in [0.29, 0.717) is 0 Å². The molecule has 1 atom stereocenters. The Morgan fingerprint density at radius 3 is 3.00 bits per heavy atom. The van der Waals surface area contributed by atoms with Crippen LogP contribution in [0.4, 0.5) is 0 Å². The van der Waals surface area contributed by atoms with Gasteiger partial charge in [-0.05, 0) is 42.5 Å². The second kappa shape index (κ2) is 2.75. The third-order valence-corrected chi connectivity index (χ3v) is 2.82. The van der Waals surface area contributed by atoms with E-state index >= 15 is 0 Å². The van der Waals surface area contributed by atoms with Gasteiger partial charge in [0.2, 0.25) is 0 Å². The Hall–Kier alpha value is -0.530. The zero-order valence-corrected chi connectivity index (χ0v) is 7.86. The van der Waals surface area contributed by atoms with Crippen molar-refractivity contribution in [2.24, 2.45) is 5.73 Å². The summed E-state index contributed by atoms with van der Waals surface area (Å²) in [4.78, 5) is 0. The van der Waals surface area contributed by atoms with Crippen LogP contribution in [0.1, 0.15) is 29.2 Å². The van der Waals surface area contributed by atoms with Crippen LogP contribution >= 0.6 is 11.6 Å². The average molecular weight is 182 g/mol. The van der Waals surface area contributed by atoms with Crippen molar-refractivity contribution in [2.75, 3.05) is 0 Å². The third kappa shape index (κ3) is 1.13. The largest absolute Gasteiger partial charge is 0.324 e. The molecule has 0 spiro atoms. The molecule has 2 rings (SSSR count). The van der Waals surface area contributed by atoms with Crippen LogP contribution in [0.3, 0.4) is 0 Å². The molecule has 2 N–H and O–H groups in total. The molecule has 64 valence electrons. The molecule has 0 aliphatic heterocycles. The lowest BCUT2D eigenvalue weighted by molar-refractivity contribution is 0.713. The van der Waals surface area contributed by atoms with E-state index in [9.17, 15) is 0 Å². The Morgan fingerprint density at radius 1 is 1.50 bits per heavy atom. The lowest BCUT2D eigenvalue weighted by Crippen LogP contribution is -2.05. The molecular formula is C10H12ClN. The monoisotopic (exact) mass is 181 g/mol. The molecule has 2 heteroatoms. The van der Waals surface area contributed by atoms with Gasteiger partial charge in [-0.2, -0.15) is 0 Å². The third-order valence-electron chi connectivity index (χ3n) is 2.48. The predicted molar refractivity (Wildman–Crippen MR) is 51.4 cm³/mol. The number of hydrogen-bond acceptors (Lipinski definition) is 1. The van der Waals surface area contributed by atoms with Crippen molar-refractivity contribution in [2.45, 2.75) is 25.8 Å². The van der Waals surface area contributed by atoms with Crippen LogP contribution in [-0.2, 0) is 6.42 Å². The highest BCUT2D eigenvalue weighted by molar-refractivity contribution is 6.31. The van der Waals surface area contributed by atoms with Crippen LogP contribution in [0.5, 0.6) is 0 Å². The number of benzene rings is 1. The smallest absolute Gasteiger partial charge is 0.0443 e. The predicted octanol–water partition coefficient (Wildman–Crippen LogP) is 2.59. The van der Waals surface area contributed by atoms with Crippen molar-refractivity contribution in [3.63, 3.8) is 0 Å². The van der Waals surface area contributed by atoms with E-state index in [1.165, 1.54) is 16.7 Å². The van der Waals surface area contributed by atoms with Gasteiger partial charge in [0.25, 0.3) is 0 Å². The topological polar surface area (TPSA) is 26.0 Å². The first-order valence-corrected chi connectivity index (χ1v) is 4.61. The van der Waals surface area contributed by atoms with Gasteiger partial charge >= 0.3 is 0 Å². The van der Waals surface area contributed by atoms with E-state index in [-0.39, 0.29) is 6.04 Å². The first-order valence-electron chi connectivity index (χ1n) is 4.23. The maximum Gasteiger partial charge on any atom is 0.0443 e. The van der Waals surface area contributed by atoms with Crippen LogP contribution in [0.2, 0.25) is 5.02 Å². The van der Waals surface area contributed by atoms with Crippen molar-refractivity contribution >= 4 is 11.6 Å². The minimum absolute atomic E-state index is 0.206. The summed E-state index contributed by atoms with van der Waals surface area (Å²) in [6, 6.07) is 4.37. The molecular weight excluding hydrogens is 170 g/mol. The number of fused-ring (bicyclic) bond motifs is 1. The van der Waals surface area contributed by atoms with Gasteiger partial charge in [0.15, 0.2) is 0 Å². The van der Waals surface area contributed by atoms with E-state index in [0.717, 1.165) is 17.9 Å². The minimum Gasteiger partial charge on any atom is -0.324 e. The molecule has 0 saturated carbocycles. The van der Waals surface area contributed by atoms with Gasteiger partial charge in [0, 0.05) is 11.1 Å². The number of halogens is 1. The van der Waals surface area contributed by atoms with E-state index < -0.39 is 0 Å². The molecule has 1 aliphatic rings. The normalized spacial score (nSPS) is 21.1. The maximum atomic E-state index is 6.08. The highest BCUT2D eigenvalue weighted by Crippen LogP contribution is 2.34. The molecule has 0 amide bonds. The van der Waals surface area contributed by atoms with Crippen molar-refractivity contribution in [3.8, 4) is 0 Å². The summed E-state index contributed by atoms with van der Waals surface area (Å²) in [5.74, 6) is 0. The minimum atomic E-state index is 0.206. The summed E-state index contributed by atoms with van der Waals surface area (Å²) in [7, 11) is 0. The van der Waals surface area contributed by atoms with E-state index in [1.54, 1.807) is 0 Å². The number of rotatable bonds is 0. The van der Waals surface area contributed by atoms with Crippen LogP contribution in [0.25, 0.3) is 0 Å². The number of nitrogens with two attached hydrogens (primary N) is 1. The van der Waals surface area contributed by atoms with Gasteiger partial charge in [-0.25, -0.2) is 0 Å². The van der Waals surface area contributed by atoms with Crippen LogP contribution in [0.15, 0.2) is 12.1 Å². The SMILES string of the molecule is Cc1cc(Cl)c2c(c1)[C@@H](N)CC2. The molecule has 0 aromatic heterocycles. The zero-order chi connectivity index (χ0) is 8.72. The molecule has 0 saturated heterocycles. The quantitative estimate of drug-likeness (QED) is 0.654. The standard InChI is InChI=1S/C10H12ClN/c1-6-4-8-7(9(11)5-6)2-3-10(8)12/h4-5,10H,2-3,12H2,1H3/t10-/m0/s1. The molecule has 1 nitrogen and oxygen atoms in total. The van der Waals surface area contributed by atoms with Crippen molar-refractivity contribution in [3.05, 3.63) is 33.8 Å². The summed E-state index contributed by atoms with van der Waals surface area (Å²) in [5.41, 5.74) is 9.64. The van der Waals surface area contributed by atoms with E-state index in [1.807, 2.05) is 6.07 Å². The Bertz CT molecular complexity index is 320. The van der Waals surface area contributed by atoms with Crippen LogP contribution in [0, 0.1) is 6.92 Å². The summed E-state index contributed by atoms with van der Waals surface area (Å²) >= 11 is 6.08. The Labute approximate surface area is 77.5 Å². The summed E-state index contributed by atoms with van der Waals surface area (Å²) < 4.78 is 0. The summed E-state index contributed by atoms with van der Waals surface area (Å²) in [6.07, 6.45) is 2.08. The van der Waals surface area contributed by atoms with Gasteiger partial charge in [-0.15, -0.1) is 0 Å². The second-order valence-corrected chi connectivity index (χ2v) is 3.87. The van der Waals surface area contributed by atoms with Gasteiger partial charge in [0.1, 0.15) is 0 Å². The molecule has 1 aromatic carbocycles. The molecule has 0 fully saturated rings. The average Bonchev–Trinajstić information content (AvgIpc) is 2.33. The van der Waals surface area contributed by atoms with Gasteiger partial charge in [-0.1, -0.05) is 17.7 Å². The number of aryl methyl sites for hydroxylation is 1. The fraction of sp³-hybridized carbons (Fsp3) is 0.400. The molecule has 12 heavy (non-hydrogen) atoms. The van der Waals surface area contributed by atoms with Crippen molar-refractivity contribution in [1.82, 2.24) is 0 Å². The summed E-state index contributed by atoms with van der Waals surface area (Å²) in [5, 5.41) is 0.887.